The highest BCUT2D eigenvalue weighted by atomic mass is 19.3. The van der Waals surface area contributed by atoms with Gasteiger partial charge in [-0.25, -0.2) is 18.7 Å². The standard InChI is InChI=1S/C25H24F2N6O/c1-32-8-10-33(11-9-32)19-7-6-18(28-14-19)5-4-17-13-30-23(24(26)27)21-15-29-22(12-20(17)21)31-25(34)16-2-3-16/h6-7,12-16,24H,2-3,8-11H2,1H3,(H,29,31,34). The second-order valence-electron chi connectivity index (χ2n) is 8.68. The summed E-state index contributed by atoms with van der Waals surface area (Å²) in [6.07, 6.45) is 3.43. The number of alkyl halides is 2. The molecule has 1 N–H and O–H groups in total. The molecule has 2 aliphatic rings. The summed E-state index contributed by atoms with van der Waals surface area (Å²) in [4.78, 5) is 29.2. The monoisotopic (exact) mass is 462 g/mol. The number of piperazine rings is 1. The number of anilines is 2. The number of carbonyl (C=O) groups excluding carboxylic acids is 1. The Morgan fingerprint density at radius 2 is 1.82 bits per heavy atom. The van der Waals surface area contributed by atoms with Gasteiger partial charge in [-0.3, -0.25) is 9.78 Å². The van der Waals surface area contributed by atoms with Gasteiger partial charge in [-0.2, -0.15) is 0 Å². The Bertz CT molecular complexity index is 1270. The van der Waals surface area contributed by atoms with E-state index in [0.29, 0.717) is 22.5 Å². The van der Waals surface area contributed by atoms with Gasteiger partial charge in [0.05, 0.1) is 17.4 Å². The number of nitrogens with zero attached hydrogens (tertiary/aromatic N) is 5. The van der Waals surface area contributed by atoms with Crippen molar-refractivity contribution in [2.75, 3.05) is 43.4 Å². The average Bonchev–Trinajstić information content (AvgIpc) is 3.69. The van der Waals surface area contributed by atoms with Gasteiger partial charge in [0, 0.05) is 55.3 Å². The van der Waals surface area contributed by atoms with E-state index in [4.69, 9.17) is 0 Å². The van der Waals surface area contributed by atoms with Crippen molar-refractivity contribution < 1.29 is 13.6 Å². The third-order valence-corrected chi connectivity index (χ3v) is 6.15. The first-order chi connectivity index (χ1) is 16.5. The summed E-state index contributed by atoms with van der Waals surface area (Å²) in [7, 11) is 2.11. The molecule has 3 aromatic rings. The molecule has 1 aliphatic heterocycles. The molecule has 9 heteroatoms. The summed E-state index contributed by atoms with van der Waals surface area (Å²) in [6.45, 7) is 3.92. The van der Waals surface area contributed by atoms with Crippen LogP contribution in [-0.2, 0) is 4.79 Å². The van der Waals surface area contributed by atoms with Crippen LogP contribution in [0.25, 0.3) is 10.8 Å². The molecule has 1 amide bonds. The zero-order valence-electron chi connectivity index (χ0n) is 18.8. The van der Waals surface area contributed by atoms with Crippen LogP contribution in [0.2, 0.25) is 0 Å². The lowest BCUT2D eigenvalue weighted by molar-refractivity contribution is -0.117. The highest BCUT2D eigenvalue weighted by Crippen LogP contribution is 2.32. The summed E-state index contributed by atoms with van der Waals surface area (Å²) in [6, 6.07) is 5.43. The van der Waals surface area contributed by atoms with E-state index in [2.05, 4.69) is 49.0 Å². The summed E-state index contributed by atoms with van der Waals surface area (Å²) < 4.78 is 27.0. The molecule has 0 aromatic carbocycles. The molecule has 7 nitrogen and oxygen atoms in total. The van der Waals surface area contributed by atoms with E-state index in [-0.39, 0.29) is 22.9 Å². The highest BCUT2D eigenvalue weighted by molar-refractivity contribution is 5.97. The lowest BCUT2D eigenvalue weighted by Gasteiger charge is -2.33. The van der Waals surface area contributed by atoms with E-state index in [1.807, 2.05) is 12.1 Å². The Morgan fingerprint density at radius 3 is 2.50 bits per heavy atom. The van der Waals surface area contributed by atoms with Crippen molar-refractivity contribution in [1.82, 2.24) is 19.9 Å². The molecule has 3 aromatic heterocycles. The van der Waals surface area contributed by atoms with E-state index >= 15 is 0 Å². The van der Waals surface area contributed by atoms with E-state index in [9.17, 15) is 13.6 Å². The normalized spacial score (nSPS) is 16.4. The number of fused-ring (bicyclic) bond motifs is 1. The van der Waals surface area contributed by atoms with Gasteiger partial charge in [-0.1, -0.05) is 5.92 Å². The second kappa shape index (κ2) is 9.31. The van der Waals surface area contributed by atoms with E-state index in [1.165, 1.54) is 12.4 Å². The third kappa shape index (κ3) is 4.82. The van der Waals surface area contributed by atoms with Crippen molar-refractivity contribution in [2.45, 2.75) is 19.3 Å². The minimum atomic E-state index is -2.75. The van der Waals surface area contributed by atoms with Crippen molar-refractivity contribution in [1.29, 1.82) is 0 Å². The van der Waals surface area contributed by atoms with E-state index in [0.717, 1.165) is 44.7 Å². The van der Waals surface area contributed by atoms with Gasteiger partial charge >= 0.3 is 0 Å². The minimum absolute atomic E-state index is 0.00529. The summed E-state index contributed by atoms with van der Waals surface area (Å²) in [5, 5.41) is 3.44. The molecule has 1 saturated heterocycles. The van der Waals surface area contributed by atoms with Crippen molar-refractivity contribution in [2.24, 2.45) is 5.92 Å². The predicted molar refractivity (Wildman–Crippen MR) is 126 cm³/mol. The van der Waals surface area contributed by atoms with Crippen LogP contribution in [-0.4, -0.2) is 59.0 Å². The fraction of sp³-hybridized carbons (Fsp3) is 0.360. The molecule has 0 unspecified atom stereocenters. The van der Waals surface area contributed by atoms with Crippen LogP contribution in [0.3, 0.4) is 0 Å². The first kappa shape index (κ1) is 22.2. The number of halogens is 2. The number of hydrogen-bond donors (Lipinski definition) is 1. The van der Waals surface area contributed by atoms with Crippen LogP contribution < -0.4 is 10.2 Å². The molecule has 1 aliphatic carbocycles. The van der Waals surface area contributed by atoms with Crippen LogP contribution in [0.5, 0.6) is 0 Å². The molecule has 5 rings (SSSR count). The van der Waals surface area contributed by atoms with Crippen LogP contribution in [0, 0.1) is 17.8 Å². The molecular weight excluding hydrogens is 438 g/mol. The lowest BCUT2D eigenvalue weighted by Crippen LogP contribution is -2.44. The Morgan fingerprint density at radius 1 is 1.03 bits per heavy atom. The maximum absolute atomic E-state index is 13.5. The Balaban J connectivity index is 1.42. The summed E-state index contributed by atoms with van der Waals surface area (Å²) in [5.41, 5.74) is 1.73. The second-order valence-corrected chi connectivity index (χ2v) is 8.68. The number of amides is 1. The largest absolute Gasteiger partial charge is 0.368 e. The summed E-state index contributed by atoms with van der Waals surface area (Å²) >= 11 is 0. The molecule has 2 fully saturated rings. The van der Waals surface area contributed by atoms with Gasteiger partial charge in [-0.05, 0) is 44.0 Å². The van der Waals surface area contributed by atoms with Crippen molar-refractivity contribution in [3.8, 4) is 11.8 Å². The number of aromatic nitrogens is 3. The topological polar surface area (TPSA) is 74.2 Å². The minimum Gasteiger partial charge on any atom is -0.368 e. The van der Waals surface area contributed by atoms with E-state index in [1.54, 1.807) is 12.3 Å². The maximum Gasteiger partial charge on any atom is 0.281 e. The fourth-order valence-corrected chi connectivity index (χ4v) is 3.91. The van der Waals surface area contributed by atoms with Crippen molar-refractivity contribution >= 4 is 28.2 Å². The van der Waals surface area contributed by atoms with Gasteiger partial charge in [0.15, 0.2) is 0 Å². The molecule has 0 bridgehead atoms. The van der Waals surface area contributed by atoms with Crippen molar-refractivity contribution in [3.63, 3.8) is 0 Å². The van der Waals surface area contributed by atoms with Gasteiger partial charge < -0.3 is 15.1 Å². The molecule has 1 saturated carbocycles. The number of hydrogen-bond acceptors (Lipinski definition) is 6. The third-order valence-electron chi connectivity index (χ3n) is 6.15. The van der Waals surface area contributed by atoms with Crippen LogP contribution in [0.4, 0.5) is 20.3 Å². The maximum atomic E-state index is 13.5. The molecule has 34 heavy (non-hydrogen) atoms. The number of nitrogens with one attached hydrogen (secondary N) is 1. The van der Waals surface area contributed by atoms with Crippen molar-refractivity contribution in [3.05, 3.63) is 53.7 Å². The average molecular weight is 463 g/mol. The molecule has 4 heterocycles. The summed E-state index contributed by atoms with van der Waals surface area (Å²) in [5.74, 6) is 6.23. The van der Waals surface area contributed by atoms with Crippen LogP contribution in [0.1, 0.15) is 36.2 Å². The Kier molecular flexibility index (Phi) is 6.07. The fourth-order valence-electron chi connectivity index (χ4n) is 3.91. The van der Waals surface area contributed by atoms with E-state index < -0.39 is 6.43 Å². The first-order valence-corrected chi connectivity index (χ1v) is 11.3. The van der Waals surface area contributed by atoms with Gasteiger partial charge in [0.1, 0.15) is 17.2 Å². The number of likely N-dealkylation sites (N-methyl/N-ethyl adjacent to an activating group) is 1. The lowest BCUT2D eigenvalue weighted by atomic mass is 10.1. The van der Waals surface area contributed by atoms with Crippen LogP contribution in [0.15, 0.2) is 36.8 Å². The highest BCUT2D eigenvalue weighted by Gasteiger charge is 2.30. The SMILES string of the molecule is CN1CCN(c2ccc(C#Cc3cnc(C(F)F)c4cnc(NC(=O)C5CC5)cc34)nc2)CC1. The molecular formula is C25H24F2N6O. The number of rotatable bonds is 4. The predicted octanol–water partition coefficient (Wildman–Crippen LogP) is 3.46. The molecule has 0 atom stereocenters. The van der Waals surface area contributed by atoms with Gasteiger partial charge in [-0.15, -0.1) is 0 Å². The smallest absolute Gasteiger partial charge is 0.281 e. The van der Waals surface area contributed by atoms with Crippen LogP contribution >= 0.6 is 0 Å². The molecule has 174 valence electrons. The quantitative estimate of drug-likeness (QED) is 0.599. The zero-order valence-corrected chi connectivity index (χ0v) is 18.8. The number of pyridine rings is 3. The zero-order chi connectivity index (χ0) is 23.7. The molecule has 0 radical (unpaired) electrons. The molecule has 0 spiro atoms. The van der Waals surface area contributed by atoms with Gasteiger partial charge in [0.2, 0.25) is 5.91 Å². The first-order valence-electron chi connectivity index (χ1n) is 11.3. The Labute approximate surface area is 196 Å². The van der Waals surface area contributed by atoms with Gasteiger partial charge in [0.25, 0.3) is 6.43 Å². The Hall–Kier alpha value is -3.64. The number of carbonyl (C=O) groups is 1.